The van der Waals surface area contributed by atoms with Crippen LogP contribution in [0.2, 0.25) is 0 Å². The lowest BCUT2D eigenvalue weighted by molar-refractivity contribution is -0.0720. The number of aliphatic hydroxyl groups excluding tert-OH is 1. The standard InChI is InChI=1S/C28H32N4O2S/c33-26(18-8-2-1-3-9-18)31-23-13-7-5-11-20(23)28(34)32-16-14-21-24(27-29-15-17-35-27)30-22-12-6-4-10-19(22)25(21)32/h1-4,6,8-10,12,15,17,20-21,23-25,28,30,34H,5,7,11,13-14,16H2,(H,31,33)/t20-,21-,23+,24-,25+,28?/m0/s1. The number of likely N-dealkylation sites (tertiary alicyclic amines) is 1. The van der Waals surface area contributed by atoms with Crippen LogP contribution in [0.3, 0.4) is 0 Å². The Morgan fingerprint density at radius 3 is 2.71 bits per heavy atom. The first-order valence-corrected chi connectivity index (χ1v) is 13.6. The fraction of sp³-hybridized carbons (Fsp3) is 0.429. The number of benzene rings is 2. The molecule has 3 aliphatic rings. The van der Waals surface area contributed by atoms with Crippen LogP contribution in [0, 0.1) is 11.8 Å². The number of carbonyl (C=O) groups is 1. The third-order valence-corrected chi connectivity index (χ3v) is 8.97. The van der Waals surface area contributed by atoms with Crippen LogP contribution >= 0.6 is 11.3 Å². The zero-order valence-corrected chi connectivity index (χ0v) is 20.5. The molecule has 6 nitrogen and oxygen atoms in total. The van der Waals surface area contributed by atoms with E-state index < -0.39 is 6.23 Å². The number of nitrogens with zero attached hydrogens (tertiary/aromatic N) is 2. The number of rotatable bonds is 5. The Labute approximate surface area is 210 Å². The summed E-state index contributed by atoms with van der Waals surface area (Å²) in [5.74, 6) is 0.298. The molecule has 1 unspecified atom stereocenters. The Morgan fingerprint density at radius 2 is 1.89 bits per heavy atom. The highest BCUT2D eigenvalue weighted by Crippen LogP contribution is 2.52. The van der Waals surface area contributed by atoms with E-state index in [4.69, 9.17) is 0 Å². The molecule has 2 aliphatic heterocycles. The molecule has 182 valence electrons. The molecule has 0 spiro atoms. The van der Waals surface area contributed by atoms with Crippen molar-refractivity contribution >= 4 is 22.9 Å². The number of aromatic nitrogens is 1. The van der Waals surface area contributed by atoms with Crippen molar-refractivity contribution in [1.29, 1.82) is 0 Å². The van der Waals surface area contributed by atoms with Crippen molar-refractivity contribution in [3.05, 3.63) is 82.3 Å². The Morgan fingerprint density at radius 1 is 1.09 bits per heavy atom. The van der Waals surface area contributed by atoms with Gasteiger partial charge in [0.2, 0.25) is 0 Å². The first kappa shape index (κ1) is 22.7. The van der Waals surface area contributed by atoms with Crippen molar-refractivity contribution in [2.45, 2.75) is 56.5 Å². The highest BCUT2D eigenvalue weighted by Gasteiger charge is 2.49. The molecule has 3 aromatic rings. The van der Waals surface area contributed by atoms with E-state index in [0.29, 0.717) is 11.5 Å². The molecule has 35 heavy (non-hydrogen) atoms. The summed E-state index contributed by atoms with van der Waals surface area (Å²) < 4.78 is 0. The number of nitrogens with one attached hydrogen (secondary N) is 2. The minimum absolute atomic E-state index is 0.00974. The van der Waals surface area contributed by atoms with Gasteiger partial charge in [0.15, 0.2) is 0 Å². The second kappa shape index (κ2) is 9.72. The van der Waals surface area contributed by atoms with E-state index in [2.05, 4.69) is 44.8 Å². The number of para-hydroxylation sites is 1. The molecule has 2 fully saturated rings. The SMILES string of the molecule is O=C(N[C@@H]1CCCC[C@@H]1C(O)N1CC[C@H]2[C@@H](c3nccs3)Nc3ccccc3[C@H]21)c1ccccc1. The molecule has 7 heteroatoms. The van der Waals surface area contributed by atoms with E-state index in [-0.39, 0.29) is 30.0 Å². The van der Waals surface area contributed by atoms with E-state index in [1.165, 1.54) is 5.56 Å². The summed E-state index contributed by atoms with van der Waals surface area (Å²) in [6, 6.07) is 18.1. The number of anilines is 1. The number of carbonyl (C=O) groups excluding carboxylic acids is 1. The van der Waals surface area contributed by atoms with Crippen LogP contribution in [0.15, 0.2) is 66.2 Å². The minimum Gasteiger partial charge on any atom is -0.378 e. The van der Waals surface area contributed by atoms with Gasteiger partial charge in [0.1, 0.15) is 11.2 Å². The van der Waals surface area contributed by atoms with Crippen molar-refractivity contribution in [1.82, 2.24) is 15.2 Å². The maximum Gasteiger partial charge on any atom is 0.251 e. The van der Waals surface area contributed by atoms with Crippen molar-refractivity contribution in [2.75, 3.05) is 11.9 Å². The van der Waals surface area contributed by atoms with Crippen molar-refractivity contribution in [3.8, 4) is 0 Å². The van der Waals surface area contributed by atoms with Crippen molar-refractivity contribution < 1.29 is 9.90 Å². The van der Waals surface area contributed by atoms with Crippen LogP contribution in [0.4, 0.5) is 5.69 Å². The lowest BCUT2D eigenvalue weighted by atomic mass is 9.80. The number of hydrogen-bond acceptors (Lipinski definition) is 6. The van der Waals surface area contributed by atoms with Crippen LogP contribution in [0.5, 0.6) is 0 Å². The molecule has 1 amide bonds. The first-order valence-electron chi connectivity index (χ1n) is 12.8. The predicted octanol–water partition coefficient (Wildman–Crippen LogP) is 4.98. The lowest BCUT2D eigenvalue weighted by Crippen LogP contribution is -2.52. The van der Waals surface area contributed by atoms with Gasteiger partial charge in [0.25, 0.3) is 5.91 Å². The average Bonchev–Trinajstić information content (AvgIpc) is 3.60. The topological polar surface area (TPSA) is 77.5 Å². The normalized spacial score (nSPS) is 29.0. The van der Waals surface area contributed by atoms with Gasteiger partial charge in [-0.1, -0.05) is 49.2 Å². The molecule has 1 aliphatic carbocycles. The molecular weight excluding hydrogens is 456 g/mol. The zero-order chi connectivity index (χ0) is 23.8. The average molecular weight is 489 g/mol. The summed E-state index contributed by atoms with van der Waals surface area (Å²) in [5.41, 5.74) is 3.05. The molecule has 6 rings (SSSR count). The molecule has 0 radical (unpaired) electrons. The highest BCUT2D eigenvalue weighted by atomic mass is 32.1. The molecule has 1 aromatic heterocycles. The summed E-state index contributed by atoms with van der Waals surface area (Å²) in [7, 11) is 0. The minimum atomic E-state index is -0.602. The van der Waals surface area contributed by atoms with E-state index in [1.54, 1.807) is 11.3 Å². The maximum atomic E-state index is 12.9. The zero-order valence-electron chi connectivity index (χ0n) is 19.7. The fourth-order valence-corrected chi connectivity index (χ4v) is 7.24. The van der Waals surface area contributed by atoms with Gasteiger partial charge in [-0.15, -0.1) is 11.3 Å². The predicted molar refractivity (Wildman–Crippen MR) is 138 cm³/mol. The Kier molecular flexibility index (Phi) is 6.31. The Hall–Kier alpha value is -2.74. The van der Waals surface area contributed by atoms with Crippen LogP contribution in [-0.4, -0.2) is 39.7 Å². The second-order valence-corrected chi connectivity index (χ2v) is 10.9. The van der Waals surface area contributed by atoms with Crippen molar-refractivity contribution in [3.63, 3.8) is 0 Å². The molecule has 3 N–H and O–H groups in total. The number of aliphatic hydroxyl groups is 1. The largest absolute Gasteiger partial charge is 0.378 e. The number of fused-ring (bicyclic) bond motifs is 3. The van der Waals surface area contributed by atoms with Crippen molar-refractivity contribution in [2.24, 2.45) is 11.8 Å². The number of hydrogen-bond donors (Lipinski definition) is 3. The summed E-state index contributed by atoms with van der Waals surface area (Å²) in [6.07, 6.45) is 6.26. The summed E-state index contributed by atoms with van der Waals surface area (Å²) in [4.78, 5) is 19.9. The van der Waals surface area contributed by atoms with Gasteiger partial charge in [-0.25, -0.2) is 4.98 Å². The van der Waals surface area contributed by atoms with E-state index in [0.717, 1.165) is 49.3 Å². The van der Waals surface area contributed by atoms with Crippen LogP contribution in [0.1, 0.15) is 65.1 Å². The monoisotopic (exact) mass is 488 g/mol. The van der Waals surface area contributed by atoms with Gasteiger partial charge in [-0.05, 0) is 43.0 Å². The molecule has 6 atom stereocenters. The lowest BCUT2D eigenvalue weighted by Gasteiger charge is -2.44. The second-order valence-electron chi connectivity index (χ2n) is 10.0. The fourth-order valence-electron chi connectivity index (χ4n) is 6.47. The van der Waals surface area contributed by atoms with E-state index >= 15 is 0 Å². The third-order valence-electron chi connectivity index (χ3n) is 8.11. The first-order chi connectivity index (χ1) is 17.2. The summed E-state index contributed by atoms with van der Waals surface area (Å²) in [6.45, 7) is 0.838. The summed E-state index contributed by atoms with van der Waals surface area (Å²) in [5, 5.41) is 22.0. The molecular formula is C28H32N4O2S. The number of amides is 1. The van der Waals surface area contributed by atoms with E-state index in [9.17, 15) is 9.90 Å². The molecule has 0 bridgehead atoms. The Balaban J connectivity index is 1.27. The molecule has 1 saturated heterocycles. The third kappa shape index (κ3) is 4.26. The van der Waals surface area contributed by atoms with Gasteiger partial charge in [-0.2, -0.15) is 0 Å². The van der Waals surface area contributed by atoms with Gasteiger partial charge in [-0.3, -0.25) is 9.69 Å². The van der Waals surface area contributed by atoms with Gasteiger partial charge >= 0.3 is 0 Å². The maximum absolute atomic E-state index is 12.9. The van der Waals surface area contributed by atoms with Gasteiger partial charge in [0.05, 0.1) is 6.04 Å². The summed E-state index contributed by atoms with van der Waals surface area (Å²) >= 11 is 1.69. The van der Waals surface area contributed by atoms with E-state index in [1.807, 2.05) is 41.9 Å². The van der Waals surface area contributed by atoms with Crippen LogP contribution < -0.4 is 10.6 Å². The molecule has 1 saturated carbocycles. The quantitative estimate of drug-likeness (QED) is 0.472. The van der Waals surface area contributed by atoms with Crippen LogP contribution in [0.25, 0.3) is 0 Å². The molecule has 3 heterocycles. The van der Waals surface area contributed by atoms with Gasteiger partial charge in [0, 0.05) is 53.3 Å². The Bertz CT molecular complexity index is 1150. The van der Waals surface area contributed by atoms with Gasteiger partial charge < -0.3 is 15.7 Å². The highest BCUT2D eigenvalue weighted by molar-refractivity contribution is 7.09. The molecule has 2 aromatic carbocycles. The van der Waals surface area contributed by atoms with Crippen LogP contribution in [-0.2, 0) is 0 Å². The smallest absolute Gasteiger partial charge is 0.251 e. The number of thiazole rings is 1.